The van der Waals surface area contributed by atoms with Crippen molar-refractivity contribution in [3.05, 3.63) is 211 Å². The standard InChI is InChI=1S/C61H39NO/c1-61(2)53-23-13-12-18-42(53)49-34-51-50-30-38(27-29-55(50)62(56(51)35-54(49)61)40-15-4-3-5-16-40)59-44-19-8-10-21-46(44)60(47-22-11-9-20-45(47)59)39-26-28-43-52-33-48-37(31-58(52)63-57(43)32-39)25-24-36-14-6-7-17-41(36)48/h3-35H,1-2H3. The second kappa shape index (κ2) is 12.6. The molecule has 13 aromatic rings. The molecule has 63 heavy (non-hydrogen) atoms. The molecule has 0 bridgehead atoms. The molecule has 0 radical (unpaired) electrons. The average Bonchev–Trinajstić information content (AvgIpc) is 3.93. The molecule has 0 fully saturated rings. The van der Waals surface area contributed by atoms with Crippen molar-refractivity contribution in [2.45, 2.75) is 19.3 Å². The average molecular weight is 802 g/mol. The number of hydrogen-bond acceptors (Lipinski definition) is 1. The molecule has 0 unspecified atom stereocenters. The van der Waals surface area contributed by atoms with E-state index in [0.717, 1.165) is 27.5 Å². The van der Waals surface area contributed by atoms with Crippen LogP contribution in [0.25, 0.3) is 126 Å². The van der Waals surface area contributed by atoms with Gasteiger partial charge in [0.1, 0.15) is 11.2 Å². The van der Waals surface area contributed by atoms with Gasteiger partial charge in [0, 0.05) is 32.6 Å². The zero-order valence-corrected chi connectivity index (χ0v) is 34.9. The van der Waals surface area contributed by atoms with E-state index in [1.165, 1.54) is 110 Å². The Morgan fingerprint density at radius 1 is 0.349 bits per heavy atom. The lowest BCUT2D eigenvalue weighted by molar-refractivity contribution is 0.661. The van der Waals surface area contributed by atoms with E-state index in [2.05, 4.69) is 219 Å². The largest absolute Gasteiger partial charge is 0.456 e. The first kappa shape index (κ1) is 34.7. The van der Waals surface area contributed by atoms with Gasteiger partial charge in [0.15, 0.2) is 0 Å². The van der Waals surface area contributed by atoms with Gasteiger partial charge in [0.2, 0.25) is 0 Å². The fourth-order valence-corrected chi connectivity index (χ4v) is 11.4. The van der Waals surface area contributed by atoms with Crippen molar-refractivity contribution in [1.82, 2.24) is 4.57 Å². The summed E-state index contributed by atoms with van der Waals surface area (Å²) in [4.78, 5) is 0. The van der Waals surface area contributed by atoms with Crippen molar-refractivity contribution in [3.8, 4) is 39.1 Å². The van der Waals surface area contributed by atoms with Gasteiger partial charge >= 0.3 is 0 Å². The Morgan fingerprint density at radius 3 is 1.71 bits per heavy atom. The van der Waals surface area contributed by atoms with Crippen LogP contribution in [0.5, 0.6) is 0 Å². The first-order chi connectivity index (χ1) is 31.0. The Morgan fingerprint density at radius 2 is 0.952 bits per heavy atom. The maximum Gasteiger partial charge on any atom is 0.136 e. The summed E-state index contributed by atoms with van der Waals surface area (Å²) in [6.45, 7) is 4.74. The zero-order chi connectivity index (χ0) is 41.6. The second-order valence-electron chi connectivity index (χ2n) is 18.0. The molecular weight excluding hydrogens is 763 g/mol. The van der Waals surface area contributed by atoms with Gasteiger partial charge in [0.05, 0.1) is 11.0 Å². The number of rotatable bonds is 3. The molecular formula is C61H39NO. The van der Waals surface area contributed by atoms with Crippen molar-refractivity contribution in [2.24, 2.45) is 0 Å². The van der Waals surface area contributed by atoms with Crippen LogP contribution in [-0.4, -0.2) is 4.57 Å². The van der Waals surface area contributed by atoms with E-state index in [9.17, 15) is 0 Å². The monoisotopic (exact) mass is 801 g/mol. The Kier molecular flexibility index (Phi) is 6.93. The molecule has 14 rings (SSSR count). The molecule has 1 aliphatic rings. The maximum absolute atomic E-state index is 6.72. The third kappa shape index (κ3) is 4.78. The van der Waals surface area contributed by atoms with Crippen LogP contribution in [0.4, 0.5) is 0 Å². The van der Waals surface area contributed by atoms with E-state index in [-0.39, 0.29) is 5.41 Å². The van der Waals surface area contributed by atoms with Gasteiger partial charge in [-0.15, -0.1) is 0 Å². The highest BCUT2D eigenvalue weighted by molar-refractivity contribution is 6.24. The molecule has 2 heteroatoms. The van der Waals surface area contributed by atoms with Crippen LogP contribution >= 0.6 is 0 Å². The van der Waals surface area contributed by atoms with Gasteiger partial charge < -0.3 is 8.98 Å². The normalized spacial score (nSPS) is 13.4. The summed E-state index contributed by atoms with van der Waals surface area (Å²) in [5.41, 5.74) is 15.6. The van der Waals surface area contributed by atoms with E-state index in [1.54, 1.807) is 0 Å². The predicted octanol–water partition coefficient (Wildman–Crippen LogP) is 16.9. The molecule has 0 spiro atoms. The van der Waals surface area contributed by atoms with E-state index < -0.39 is 0 Å². The molecule has 0 N–H and O–H groups in total. The number of furan rings is 1. The zero-order valence-electron chi connectivity index (χ0n) is 34.9. The molecule has 0 atom stereocenters. The maximum atomic E-state index is 6.72. The van der Waals surface area contributed by atoms with Gasteiger partial charge in [-0.3, -0.25) is 0 Å². The summed E-state index contributed by atoms with van der Waals surface area (Å²) >= 11 is 0. The molecule has 1 aliphatic carbocycles. The fourth-order valence-electron chi connectivity index (χ4n) is 11.4. The van der Waals surface area contributed by atoms with Crippen LogP contribution in [0.3, 0.4) is 0 Å². The smallest absolute Gasteiger partial charge is 0.136 e. The molecule has 0 amide bonds. The number of nitrogens with zero attached hydrogens (tertiary/aromatic N) is 1. The summed E-state index contributed by atoms with van der Waals surface area (Å²) < 4.78 is 9.18. The van der Waals surface area contributed by atoms with Gasteiger partial charge in [-0.05, 0) is 148 Å². The molecule has 2 nitrogen and oxygen atoms in total. The SMILES string of the molecule is CC1(C)c2ccccc2-c2cc3c4cc(-c5c6ccccc6c(-c6ccc7c(c6)oc6cc8ccc9ccccc9c8cc67)c6ccccc56)ccc4n(-c4ccccc4)c3cc21. The molecule has 0 saturated carbocycles. The molecule has 11 aromatic carbocycles. The predicted molar refractivity (Wildman–Crippen MR) is 267 cm³/mol. The van der Waals surface area contributed by atoms with Gasteiger partial charge in [0.25, 0.3) is 0 Å². The summed E-state index contributed by atoms with van der Waals surface area (Å²) in [6.07, 6.45) is 0. The summed E-state index contributed by atoms with van der Waals surface area (Å²) in [5, 5.41) is 14.7. The molecule has 0 aliphatic heterocycles. The highest BCUT2D eigenvalue weighted by Crippen LogP contribution is 2.52. The Hall–Kier alpha value is -7.94. The van der Waals surface area contributed by atoms with Gasteiger partial charge in [-0.1, -0.05) is 153 Å². The number of benzene rings is 11. The van der Waals surface area contributed by atoms with Crippen molar-refractivity contribution >= 4 is 86.8 Å². The molecule has 0 saturated heterocycles. The lowest BCUT2D eigenvalue weighted by Crippen LogP contribution is -2.14. The molecule has 2 heterocycles. The number of aromatic nitrogens is 1. The quantitative estimate of drug-likeness (QED) is 0.129. The Labute approximate surface area is 363 Å². The molecule has 2 aromatic heterocycles. The minimum absolute atomic E-state index is 0.0955. The Bertz CT molecular complexity index is 4050. The fraction of sp³-hybridized carbons (Fsp3) is 0.0492. The lowest BCUT2D eigenvalue weighted by atomic mass is 9.82. The van der Waals surface area contributed by atoms with E-state index in [4.69, 9.17) is 4.42 Å². The summed E-state index contributed by atoms with van der Waals surface area (Å²) in [7, 11) is 0. The molecule has 294 valence electrons. The van der Waals surface area contributed by atoms with Crippen LogP contribution < -0.4 is 0 Å². The minimum Gasteiger partial charge on any atom is -0.456 e. The third-order valence-corrected chi connectivity index (χ3v) is 14.3. The van der Waals surface area contributed by atoms with Crippen molar-refractivity contribution in [3.63, 3.8) is 0 Å². The van der Waals surface area contributed by atoms with Crippen LogP contribution in [0.15, 0.2) is 205 Å². The minimum atomic E-state index is -0.0955. The Balaban J connectivity index is 1.00. The summed E-state index contributed by atoms with van der Waals surface area (Å²) in [6, 6.07) is 74.2. The third-order valence-electron chi connectivity index (χ3n) is 14.3. The highest BCUT2D eigenvalue weighted by atomic mass is 16.3. The topological polar surface area (TPSA) is 18.1 Å². The van der Waals surface area contributed by atoms with Crippen LogP contribution in [-0.2, 0) is 5.41 Å². The first-order valence-corrected chi connectivity index (χ1v) is 22.0. The van der Waals surface area contributed by atoms with Crippen LogP contribution in [0.1, 0.15) is 25.0 Å². The van der Waals surface area contributed by atoms with E-state index in [0.29, 0.717) is 0 Å². The number of para-hydroxylation sites is 1. The second-order valence-corrected chi connectivity index (χ2v) is 18.0. The highest BCUT2D eigenvalue weighted by Gasteiger charge is 2.36. The van der Waals surface area contributed by atoms with Gasteiger partial charge in [-0.2, -0.15) is 0 Å². The van der Waals surface area contributed by atoms with Crippen molar-refractivity contribution < 1.29 is 4.42 Å². The number of fused-ring (bicyclic) bond motifs is 14. The lowest BCUT2D eigenvalue weighted by Gasteiger charge is -2.21. The van der Waals surface area contributed by atoms with Crippen molar-refractivity contribution in [2.75, 3.05) is 0 Å². The van der Waals surface area contributed by atoms with Crippen LogP contribution in [0.2, 0.25) is 0 Å². The first-order valence-electron chi connectivity index (χ1n) is 22.0. The van der Waals surface area contributed by atoms with E-state index in [1.807, 2.05) is 0 Å². The van der Waals surface area contributed by atoms with E-state index >= 15 is 0 Å². The van der Waals surface area contributed by atoms with Gasteiger partial charge in [-0.25, -0.2) is 0 Å². The van der Waals surface area contributed by atoms with Crippen LogP contribution in [0, 0.1) is 0 Å². The van der Waals surface area contributed by atoms with Crippen molar-refractivity contribution in [1.29, 1.82) is 0 Å². The summed E-state index contributed by atoms with van der Waals surface area (Å²) in [5.74, 6) is 0. The number of hydrogen-bond donors (Lipinski definition) is 0.